The number of carbonyl (C=O) groups is 2. The molecular weight excluding hydrogens is 395 g/mol. The third kappa shape index (κ3) is 5.94. The third-order valence-electron chi connectivity index (χ3n) is 4.48. The van der Waals surface area contributed by atoms with Gasteiger partial charge >= 0.3 is 0 Å². The van der Waals surface area contributed by atoms with Gasteiger partial charge in [0, 0.05) is 29.7 Å². The van der Waals surface area contributed by atoms with Crippen molar-refractivity contribution in [1.82, 2.24) is 10.2 Å². The first-order valence-corrected chi connectivity index (χ1v) is 9.84. The molecule has 29 heavy (non-hydrogen) atoms. The molecule has 0 radical (unpaired) electrons. The second-order valence-electron chi connectivity index (χ2n) is 7.05. The zero-order valence-corrected chi connectivity index (χ0v) is 17.8. The lowest BCUT2D eigenvalue weighted by Gasteiger charge is -2.27. The Balaban J connectivity index is 2.11. The second kappa shape index (κ2) is 10.3. The maximum absolute atomic E-state index is 14.1. The van der Waals surface area contributed by atoms with E-state index in [9.17, 15) is 14.0 Å². The Morgan fingerprint density at radius 1 is 1.17 bits per heavy atom. The Hall–Kier alpha value is -2.60. The molecule has 0 aliphatic rings. The lowest BCUT2D eigenvalue weighted by Crippen LogP contribution is -2.50. The molecule has 1 unspecified atom stereocenters. The van der Waals surface area contributed by atoms with E-state index >= 15 is 0 Å². The molecule has 7 heteroatoms. The Kier molecular flexibility index (Phi) is 8.02. The van der Waals surface area contributed by atoms with E-state index in [0.717, 1.165) is 0 Å². The first kappa shape index (κ1) is 22.7. The van der Waals surface area contributed by atoms with Crippen LogP contribution in [0.1, 0.15) is 36.7 Å². The zero-order valence-electron chi connectivity index (χ0n) is 17.0. The van der Waals surface area contributed by atoms with Crippen molar-refractivity contribution in [2.75, 3.05) is 13.7 Å². The molecule has 156 valence electrons. The van der Waals surface area contributed by atoms with Crippen molar-refractivity contribution < 1.29 is 18.7 Å². The molecule has 1 atom stereocenters. The van der Waals surface area contributed by atoms with Crippen LogP contribution in [0.5, 0.6) is 5.75 Å². The summed E-state index contributed by atoms with van der Waals surface area (Å²) in [7, 11) is 1.56. The smallest absolute Gasteiger partial charge is 0.251 e. The van der Waals surface area contributed by atoms with Crippen LogP contribution in [0.3, 0.4) is 0 Å². The lowest BCUT2D eigenvalue weighted by atomic mass is 10.0. The average Bonchev–Trinajstić information content (AvgIpc) is 2.68. The van der Waals surface area contributed by atoms with Crippen LogP contribution in [0.15, 0.2) is 42.5 Å². The fourth-order valence-corrected chi connectivity index (χ4v) is 3.07. The fourth-order valence-electron chi connectivity index (χ4n) is 2.84. The van der Waals surface area contributed by atoms with Crippen LogP contribution in [0.2, 0.25) is 5.02 Å². The highest BCUT2D eigenvalue weighted by molar-refractivity contribution is 6.31. The van der Waals surface area contributed by atoms with E-state index in [-0.39, 0.29) is 34.9 Å². The van der Waals surface area contributed by atoms with Crippen molar-refractivity contribution in [3.05, 3.63) is 64.4 Å². The topological polar surface area (TPSA) is 58.6 Å². The minimum atomic E-state index is -0.760. The highest BCUT2D eigenvalue weighted by Crippen LogP contribution is 2.21. The summed E-state index contributed by atoms with van der Waals surface area (Å²) in [5, 5.41) is 3.04. The van der Waals surface area contributed by atoms with Crippen molar-refractivity contribution in [1.29, 1.82) is 0 Å². The van der Waals surface area contributed by atoms with E-state index in [4.69, 9.17) is 16.3 Å². The van der Waals surface area contributed by atoms with Crippen molar-refractivity contribution in [3.8, 4) is 5.75 Å². The summed E-state index contributed by atoms with van der Waals surface area (Å²) in [4.78, 5) is 26.9. The normalized spacial score (nSPS) is 11.8. The summed E-state index contributed by atoms with van der Waals surface area (Å²) < 4.78 is 19.4. The van der Waals surface area contributed by atoms with E-state index in [1.54, 1.807) is 37.4 Å². The molecule has 2 rings (SSSR count). The van der Waals surface area contributed by atoms with Gasteiger partial charge in [-0.3, -0.25) is 9.59 Å². The average molecular weight is 421 g/mol. The van der Waals surface area contributed by atoms with Crippen molar-refractivity contribution in [2.45, 2.75) is 33.4 Å². The van der Waals surface area contributed by atoms with Gasteiger partial charge in [0.1, 0.15) is 17.6 Å². The van der Waals surface area contributed by atoms with E-state index in [1.165, 1.54) is 17.0 Å². The monoisotopic (exact) mass is 420 g/mol. The second-order valence-corrected chi connectivity index (χ2v) is 7.45. The predicted molar refractivity (Wildman–Crippen MR) is 112 cm³/mol. The molecule has 0 aliphatic carbocycles. The van der Waals surface area contributed by atoms with E-state index in [0.29, 0.717) is 17.9 Å². The number of nitrogens with zero attached hydrogens (tertiary/aromatic N) is 1. The van der Waals surface area contributed by atoms with Gasteiger partial charge in [0.15, 0.2) is 0 Å². The van der Waals surface area contributed by atoms with Crippen LogP contribution in [0.4, 0.5) is 4.39 Å². The Morgan fingerprint density at radius 3 is 2.38 bits per heavy atom. The maximum atomic E-state index is 14.1. The van der Waals surface area contributed by atoms with Crippen molar-refractivity contribution >= 4 is 23.4 Å². The van der Waals surface area contributed by atoms with Gasteiger partial charge in [-0.15, -0.1) is 0 Å². The quantitative estimate of drug-likeness (QED) is 0.693. The number of ether oxygens (including phenoxy) is 1. The summed E-state index contributed by atoms with van der Waals surface area (Å²) in [5.41, 5.74) is 0.664. The third-order valence-corrected chi connectivity index (χ3v) is 4.83. The molecule has 2 amide bonds. The molecule has 0 saturated heterocycles. The number of rotatable bonds is 8. The highest BCUT2D eigenvalue weighted by Gasteiger charge is 2.28. The molecule has 0 aliphatic heterocycles. The molecule has 0 heterocycles. The SMILES string of the molecule is CCOc1ccc(C(=O)NC(C(=O)N(C)Cc2c(F)cccc2Cl)C(C)C)cc1. The number of hydrogen-bond acceptors (Lipinski definition) is 3. The molecule has 2 aromatic rings. The molecule has 0 bridgehead atoms. The van der Waals surface area contributed by atoms with Crippen LogP contribution in [-0.2, 0) is 11.3 Å². The summed E-state index contributed by atoms with van der Waals surface area (Å²) >= 11 is 6.06. The number of hydrogen-bond donors (Lipinski definition) is 1. The molecule has 5 nitrogen and oxygen atoms in total. The number of carbonyl (C=O) groups excluding carboxylic acids is 2. The molecule has 1 N–H and O–H groups in total. The van der Waals surface area contributed by atoms with Gasteiger partial charge < -0.3 is 15.0 Å². The van der Waals surface area contributed by atoms with Gasteiger partial charge in [-0.1, -0.05) is 31.5 Å². The Labute approximate surface area is 175 Å². The standard InChI is InChI=1S/C22H26ClFN2O3/c1-5-29-16-11-9-15(10-12-16)21(27)25-20(14(2)3)22(28)26(4)13-17-18(23)7-6-8-19(17)24/h6-12,14,20H,5,13H2,1-4H3,(H,25,27). The molecule has 0 aromatic heterocycles. The number of nitrogens with one attached hydrogen (secondary N) is 1. The van der Waals surface area contributed by atoms with Gasteiger partial charge in [0.2, 0.25) is 5.91 Å². The molecule has 0 fully saturated rings. The molecule has 0 spiro atoms. The van der Waals surface area contributed by atoms with Crippen LogP contribution in [-0.4, -0.2) is 36.4 Å². The Bertz CT molecular complexity index is 835. The van der Waals surface area contributed by atoms with Crippen LogP contribution < -0.4 is 10.1 Å². The lowest BCUT2D eigenvalue weighted by molar-refractivity contribution is -0.133. The summed E-state index contributed by atoms with van der Waals surface area (Å²) in [5.74, 6) is -0.651. The van der Waals surface area contributed by atoms with E-state index in [1.807, 2.05) is 20.8 Å². The minimum absolute atomic E-state index is 0.00643. The van der Waals surface area contributed by atoms with E-state index in [2.05, 4.69) is 5.32 Å². The van der Waals surface area contributed by atoms with Crippen molar-refractivity contribution in [3.63, 3.8) is 0 Å². The Morgan fingerprint density at radius 2 is 1.83 bits per heavy atom. The predicted octanol–water partition coefficient (Wildman–Crippen LogP) is 4.29. The van der Waals surface area contributed by atoms with Crippen molar-refractivity contribution in [2.24, 2.45) is 5.92 Å². The zero-order chi connectivity index (χ0) is 21.6. The highest BCUT2D eigenvalue weighted by atomic mass is 35.5. The van der Waals surface area contributed by atoms with Crippen LogP contribution in [0, 0.1) is 11.7 Å². The number of likely N-dealkylation sites (N-methyl/N-ethyl adjacent to an activating group) is 1. The van der Waals surface area contributed by atoms with Crippen LogP contribution in [0.25, 0.3) is 0 Å². The summed E-state index contributed by atoms with van der Waals surface area (Å²) in [6, 6.07) is 10.3. The summed E-state index contributed by atoms with van der Waals surface area (Å²) in [6.07, 6.45) is 0. The van der Waals surface area contributed by atoms with Gasteiger partial charge in [-0.05, 0) is 49.2 Å². The van der Waals surface area contributed by atoms with Crippen LogP contribution >= 0.6 is 11.6 Å². The molecule has 0 saturated carbocycles. The van der Waals surface area contributed by atoms with Gasteiger partial charge in [-0.25, -0.2) is 4.39 Å². The minimum Gasteiger partial charge on any atom is -0.494 e. The maximum Gasteiger partial charge on any atom is 0.251 e. The largest absolute Gasteiger partial charge is 0.494 e. The van der Waals surface area contributed by atoms with E-state index < -0.39 is 11.9 Å². The van der Waals surface area contributed by atoms with Gasteiger partial charge in [0.05, 0.1) is 6.61 Å². The number of amides is 2. The summed E-state index contributed by atoms with van der Waals surface area (Å²) in [6.45, 7) is 6.10. The first-order valence-electron chi connectivity index (χ1n) is 9.46. The van der Waals surface area contributed by atoms with Gasteiger partial charge in [0.25, 0.3) is 5.91 Å². The van der Waals surface area contributed by atoms with Gasteiger partial charge in [-0.2, -0.15) is 0 Å². The molecular formula is C22H26ClFN2O3. The first-order chi connectivity index (χ1) is 13.7. The molecule has 2 aromatic carbocycles. The fraction of sp³-hybridized carbons (Fsp3) is 0.364. The number of halogens is 2. The number of benzene rings is 2.